The molecule has 1 aliphatic heterocycles. The minimum Gasteiger partial charge on any atom is -0.488 e. The minimum absolute atomic E-state index is 0.0653. The van der Waals surface area contributed by atoms with Gasteiger partial charge in [-0.3, -0.25) is 14.7 Å². The topological polar surface area (TPSA) is 95.1 Å². The van der Waals surface area contributed by atoms with Crippen molar-refractivity contribution in [2.75, 3.05) is 26.7 Å². The number of aryl methyl sites for hydroxylation is 1. The van der Waals surface area contributed by atoms with Crippen molar-refractivity contribution in [1.82, 2.24) is 20.9 Å². The quantitative estimate of drug-likeness (QED) is 0.397. The van der Waals surface area contributed by atoms with Crippen LogP contribution < -0.4 is 20.7 Å². The number of hydrogen-bond acceptors (Lipinski definition) is 4. The first kappa shape index (κ1) is 20.5. The second kappa shape index (κ2) is 8.75. The first-order valence-corrected chi connectivity index (χ1v) is 9.01. The van der Waals surface area contributed by atoms with Gasteiger partial charge in [-0.25, -0.2) is 4.79 Å². The number of amides is 3. The van der Waals surface area contributed by atoms with Gasteiger partial charge in [0.05, 0.1) is 6.54 Å². The van der Waals surface area contributed by atoms with E-state index >= 15 is 0 Å². The largest absolute Gasteiger partial charge is 0.488 e. The molecule has 1 aliphatic rings. The Morgan fingerprint density at radius 3 is 2.63 bits per heavy atom. The highest BCUT2D eigenvalue weighted by atomic mass is 16.5. The summed E-state index contributed by atoms with van der Waals surface area (Å²) >= 11 is 0. The minimum atomic E-state index is -0.353. The summed E-state index contributed by atoms with van der Waals surface area (Å²) in [5.74, 6) is 1.21. The summed E-state index contributed by atoms with van der Waals surface area (Å²) in [5.41, 5.74) is 1.87. The number of hydrogen-bond donors (Lipinski definition) is 3. The number of benzene rings is 1. The molecule has 1 heterocycles. The molecule has 27 heavy (non-hydrogen) atoms. The van der Waals surface area contributed by atoms with Crippen molar-refractivity contribution >= 4 is 17.9 Å². The predicted octanol–water partition coefficient (Wildman–Crippen LogP) is 1.39. The zero-order valence-corrected chi connectivity index (χ0v) is 16.7. The van der Waals surface area contributed by atoms with Crippen LogP contribution in [0.4, 0.5) is 4.79 Å². The molecule has 0 saturated carbocycles. The number of carbonyl (C=O) groups excluding carboxylic acids is 2. The Morgan fingerprint density at radius 2 is 2.04 bits per heavy atom. The summed E-state index contributed by atoms with van der Waals surface area (Å²) in [4.78, 5) is 28.5. The van der Waals surface area contributed by atoms with E-state index in [1.165, 1.54) is 4.90 Å². The number of nitrogens with zero attached hydrogens (tertiary/aromatic N) is 2. The summed E-state index contributed by atoms with van der Waals surface area (Å²) in [6.45, 7) is 9.38. The third kappa shape index (κ3) is 6.16. The van der Waals surface area contributed by atoms with Crippen molar-refractivity contribution in [1.29, 1.82) is 0 Å². The lowest BCUT2D eigenvalue weighted by molar-refractivity contribution is -0.124. The van der Waals surface area contributed by atoms with Gasteiger partial charge >= 0.3 is 6.03 Å². The van der Waals surface area contributed by atoms with Gasteiger partial charge in [-0.2, -0.15) is 0 Å². The van der Waals surface area contributed by atoms with E-state index in [-0.39, 0.29) is 30.6 Å². The summed E-state index contributed by atoms with van der Waals surface area (Å²) in [6.07, 6.45) is 0. The monoisotopic (exact) mass is 375 g/mol. The Kier molecular flexibility index (Phi) is 6.65. The molecule has 8 nitrogen and oxygen atoms in total. The van der Waals surface area contributed by atoms with Gasteiger partial charge < -0.3 is 20.7 Å². The van der Waals surface area contributed by atoms with Crippen LogP contribution in [0.5, 0.6) is 5.75 Å². The highest BCUT2D eigenvalue weighted by molar-refractivity contribution is 6.01. The van der Waals surface area contributed by atoms with E-state index in [9.17, 15) is 9.59 Å². The van der Waals surface area contributed by atoms with Gasteiger partial charge in [-0.15, -0.1) is 0 Å². The summed E-state index contributed by atoms with van der Waals surface area (Å²) in [6, 6.07) is 5.74. The first-order valence-electron chi connectivity index (χ1n) is 9.01. The molecular weight excluding hydrogens is 346 g/mol. The lowest BCUT2D eigenvalue weighted by Gasteiger charge is -2.24. The molecule has 3 amide bonds. The third-order valence-electron chi connectivity index (χ3n) is 3.87. The van der Waals surface area contributed by atoms with Crippen LogP contribution in [-0.4, -0.2) is 55.1 Å². The van der Waals surface area contributed by atoms with Gasteiger partial charge in [0.2, 0.25) is 5.91 Å². The molecule has 3 N–H and O–H groups in total. The Labute approximate surface area is 160 Å². The van der Waals surface area contributed by atoms with Crippen molar-refractivity contribution in [3.8, 4) is 5.75 Å². The Morgan fingerprint density at radius 1 is 1.30 bits per heavy atom. The summed E-state index contributed by atoms with van der Waals surface area (Å²) in [7, 11) is 1.67. The maximum atomic E-state index is 11.6. The number of guanidine groups is 1. The number of nitrogens with one attached hydrogen (secondary N) is 3. The van der Waals surface area contributed by atoms with Crippen LogP contribution >= 0.6 is 0 Å². The van der Waals surface area contributed by atoms with Crippen LogP contribution in [0, 0.1) is 6.92 Å². The molecule has 1 saturated heterocycles. The smallest absolute Gasteiger partial charge is 0.324 e. The predicted molar refractivity (Wildman–Crippen MR) is 105 cm³/mol. The van der Waals surface area contributed by atoms with Crippen molar-refractivity contribution in [3.63, 3.8) is 0 Å². The van der Waals surface area contributed by atoms with E-state index < -0.39 is 0 Å². The molecule has 2 rings (SSSR count). The fourth-order valence-corrected chi connectivity index (χ4v) is 2.60. The fraction of sp³-hybridized carbons (Fsp3) is 0.526. The molecule has 0 aromatic heterocycles. The van der Waals surface area contributed by atoms with Gasteiger partial charge in [0.25, 0.3) is 0 Å². The number of imide groups is 1. The van der Waals surface area contributed by atoms with Gasteiger partial charge in [0, 0.05) is 32.2 Å². The zero-order valence-electron chi connectivity index (χ0n) is 16.7. The Bertz CT molecular complexity index is 709. The average Bonchev–Trinajstić information content (AvgIpc) is 2.89. The molecule has 0 bridgehead atoms. The molecule has 0 atom stereocenters. The standard InChI is InChI=1S/C19H29N5O3/c1-13-6-7-14(15(10-13)27-19(2,3)4)11-22-17(20-5)21-8-9-24-16(25)12-23-18(24)26/h6-7,10H,8-9,11-12H2,1-5H3,(H,23,26)(H2,20,21,22). The maximum absolute atomic E-state index is 11.6. The zero-order chi connectivity index (χ0) is 20.0. The SMILES string of the molecule is CN=C(NCCN1C(=O)CNC1=O)NCc1ccc(C)cc1OC(C)(C)C. The second-order valence-electron chi connectivity index (χ2n) is 7.38. The van der Waals surface area contributed by atoms with E-state index in [1.54, 1.807) is 7.05 Å². The molecule has 0 radical (unpaired) electrons. The lowest BCUT2D eigenvalue weighted by atomic mass is 10.1. The molecule has 1 fully saturated rings. The van der Waals surface area contributed by atoms with Gasteiger partial charge in [0.15, 0.2) is 5.96 Å². The highest BCUT2D eigenvalue weighted by Gasteiger charge is 2.27. The first-order chi connectivity index (χ1) is 12.7. The van der Waals surface area contributed by atoms with Crippen LogP contribution in [0.1, 0.15) is 31.9 Å². The molecular formula is C19H29N5O3. The fourth-order valence-electron chi connectivity index (χ4n) is 2.60. The van der Waals surface area contributed by atoms with Crippen LogP contribution in [0.15, 0.2) is 23.2 Å². The van der Waals surface area contributed by atoms with E-state index in [2.05, 4.69) is 20.9 Å². The van der Waals surface area contributed by atoms with Crippen LogP contribution in [0.2, 0.25) is 0 Å². The molecule has 1 aromatic rings. The van der Waals surface area contributed by atoms with E-state index in [1.807, 2.05) is 45.9 Å². The molecule has 0 unspecified atom stereocenters. The molecule has 8 heteroatoms. The lowest BCUT2D eigenvalue weighted by Crippen LogP contribution is -2.43. The number of rotatable bonds is 6. The van der Waals surface area contributed by atoms with Crippen LogP contribution in [0.25, 0.3) is 0 Å². The third-order valence-corrected chi connectivity index (χ3v) is 3.87. The maximum Gasteiger partial charge on any atom is 0.324 e. The second-order valence-corrected chi connectivity index (χ2v) is 7.38. The number of carbonyl (C=O) groups is 2. The normalized spacial score (nSPS) is 15.0. The number of urea groups is 1. The Hall–Kier alpha value is -2.77. The Balaban J connectivity index is 1.90. The van der Waals surface area contributed by atoms with Gasteiger partial charge in [-0.1, -0.05) is 12.1 Å². The van der Waals surface area contributed by atoms with Gasteiger partial charge in [-0.05, 0) is 39.3 Å². The number of ether oxygens (including phenoxy) is 1. The van der Waals surface area contributed by atoms with Crippen molar-refractivity contribution < 1.29 is 14.3 Å². The van der Waals surface area contributed by atoms with Crippen molar-refractivity contribution in [3.05, 3.63) is 29.3 Å². The van der Waals surface area contributed by atoms with Crippen LogP contribution in [0.3, 0.4) is 0 Å². The van der Waals surface area contributed by atoms with Gasteiger partial charge in [0.1, 0.15) is 11.4 Å². The summed E-state index contributed by atoms with van der Waals surface area (Å²) < 4.78 is 6.06. The van der Waals surface area contributed by atoms with E-state index in [4.69, 9.17) is 4.74 Å². The van der Waals surface area contributed by atoms with E-state index in [0.717, 1.165) is 16.9 Å². The molecule has 1 aromatic carbocycles. The molecule has 0 spiro atoms. The number of aliphatic imine (C=N–C) groups is 1. The highest BCUT2D eigenvalue weighted by Crippen LogP contribution is 2.24. The van der Waals surface area contributed by atoms with Crippen molar-refractivity contribution in [2.24, 2.45) is 4.99 Å². The average molecular weight is 375 g/mol. The van der Waals surface area contributed by atoms with Crippen molar-refractivity contribution in [2.45, 2.75) is 39.8 Å². The van der Waals surface area contributed by atoms with Crippen LogP contribution in [-0.2, 0) is 11.3 Å². The molecule has 148 valence electrons. The molecule has 0 aliphatic carbocycles. The summed E-state index contributed by atoms with van der Waals surface area (Å²) in [5, 5.41) is 8.84. The van der Waals surface area contributed by atoms with E-state index in [0.29, 0.717) is 19.0 Å².